The summed E-state index contributed by atoms with van der Waals surface area (Å²) in [5.41, 5.74) is 4.04. The number of pyridine rings is 1. The highest BCUT2D eigenvalue weighted by Gasteiger charge is 2.23. The highest BCUT2D eigenvalue weighted by Crippen LogP contribution is 2.43. The summed E-state index contributed by atoms with van der Waals surface area (Å²) in [6, 6.07) is 20.3. The van der Waals surface area contributed by atoms with Crippen LogP contribution in [0.15, 0.2) is 80.4 Å². The Morgan fingerprint density at radius 1 is 0.875 bits per heavy atom. The zero-order valence-electron chi connectivity index (χ0n) is 16.9. The van der Waals surface area contributed by atoms with E-state index >= 15 is 0 Å². The molecule has 32 heavy (non-hydrogen) atoms. The molecule has 3 aromatic carbocycles. The van der Waals surface area contributed by atoms with Gasteiger partial charge in [0.15, 0.2) is 16.8 Å². The number of fused-ring (bicyclic) bond motifs is 5. The summed E-state index contributed by atoms with van der Waals surface area (Å²) in [4.78, 5) is 22.6. The first-order valence-corrected chi connectivity index (χ1v) is 10.9. The second-order valence-corrected chi connectivity index (χ2v) is 8.51. The largest absolute Gasteiger partial charge is 0.506 e. The lowest BCUT2D eigenvalue weighted by Crippen LogP contribution is -2.08. The van der Waals surface area contributed by atoms with Crippen LogP contribution in [-0.2, 0) is 0 Å². The van der Waals surface area contributed by atoms with Crippen molar-refractivity contribution < 1.29 is 9.52 Å². The van der Waals surface area contributed by atoms with E-state index in [0.29, 0.717) is 43.5 Å². The minimum atomic E-state index is -0.181. The van der Waals surface area contributed by atoms with E-state index in [0.717, 1.165) is 22.0 Å². The van der Waals surface area contributed by atoms with Gasteiger partial charge >= 0.3 is 0 Å². The fourth-order valence-electron chi connectivity index (χ4n) is 4.22. The van der Waals surface area contributed by atoms with Gasteiger partial charge in [0.2, 0.25) is 0 Å². The molecule has 0 atom stereocenters. The van der Waals surface area contributed by atoms with Gasteiger partial charge in [-0.2, -0.15) is 0 Å². The van der Waals surface area contributed by atoms with Gasteiger partial charge in [0, 0.05) is 27.4 Å². The second-order valence-electron chi connectivity index (χ2n) is 7.72. The third-order valence-electron chi connectivity index (χ3n) is 5.72. The van der Waals surface area contributed by atoms with Crippen molar-refractivity contribution in [2.75, 3.05) is 0 Å². The van der Waals surface area contributed by atoms with E-state index in [2.05, 4.69) is 20.9 Å². The number of phenols is 1. The molecule has 154 valence electrons. The van der Waals surface area contributed by atoms with Crippen LogP contribution in [0.1, 0.15) is 5.69 Å². The van der Waals surface area contributed by atoms with Crippen molar-refractivity contribution in [1.29, 1.82) is 0 Å². The molecule has 1 aliphatic carbocycles. The fraction of sp³-hybridized carbons (Fsp3) is 0.0385. The zero-order valence-corrected chi connectivity index (χ0v) is 18.5. The topological polar surface area (TPSA) is 76.2 Å². The highest BCUT2D eigenvalue weighted by atomic mass is 79.9. The van der Waals surface area contributed by atoms with Crippen molar-refractivity contribution in [3.05, 3.63) is 87.1 Å². The van der Waals surface area contributed by atoms with Crippen molar-refractivity contribution in [3.63, 3.8) is 0 Å². The van der Waals surface area contributed by atoms with Crippen LogP contribution in [0, 0.1) is 6.92 Å². The summed E-state index contributed by atoms with van der Waals surface area (Å²) >= 11 is 3.46. The molecule has 1 aliphatic heterocycles. The molecule has 6 rings (SSSR count). The number of phenolic OH excluding ortho intramolecular Hbond substituents is 1. The predicted molar refractivity (Wildman–Crippen MR) is 129 cm³/mol. The van der Waals surface area contributed by atoms with Crippen molar-refractivity contribution in [3.8, 4) is 28.3 Å². The van der Waals surface area contributed by atoms with Crippen LogP contribution in [0.3, 0.4) is 0 Å². The molecule has 0 unspecified atom stereocenters. The Morgan fingerprint density at radius 3 is 2.53 bits per heavy atom. The minimum Gasteiger partial charge on any atom is -0.506 e. The molecule has 2 aliphatic rings. The van der Waals surface area contributed by atoms with Crippen molar-refractivity contribution in [1.82, 2.24) is 9.97 Å². The molecule has 0 fully saturated rings. The maximum absolute atomic E-state index is 13.1. The number of aromatic hydroxyl groups is 1. The van der Waals surface area contributed by atoms with E-state index in [4.69, 9.17) is 9.40 Å². The lowest BCUT2D eigenvalue weighted by atomic mass is 9.97. The highest BCUT2D eigenvalue weighted by molar-refractivity contribution is 9.10. The average Bonchev–Trinajstić information content (AvgIpc) is 2.81. The SMILES string of the molecule is Cc1ccc2cccc(-c3c4oc5c(Br)c(O)c6ccccc6c5nc-4ccc3=O)c2n1. The van der Waals surface area contributed by atoms with Crippen LogP contribution in [-0.4, -0.2) is 15.1 Å². The van der Waals surface area contributed by atoms with E-state index < -0.39 is 0 Å². The smallest absolute Gasteiger partial charge is 0.190 e. The Bertz CT molecular complexity index is 1740. The van der Waals surface area contributed by atoms with Crippen LogP contribution in [0.5, 0.6) is 5.75 Å². The first-order valence-electron chi connectivity index (χ1n) is 10.1. The fourth-order valence-corrected chi connectivity index (χ4v) is 4.70. The van der Waals surface area contributed by atoms with Crippen LogP contribution in [0.25, 0.3) is 55.4 Å². The molecular weight excluding hydrogens is 468 g/mol. The molecule has 0 saturated heterocycles. The number of hydrogen-bond donors (Lipinski definition) is 1. The van der Waals surface area contributed by atoms with E-state index in [1.165, 1.54) is 6.07 Å². The summed E-state index contributed by atoms with van der Waals surface area (Å²) in [6.45, 7) is 1.92. The normalized spacial score (nSPS) is 11.7. The summed E-state index contributed by atoms with van der Waals surface area (Å²) in [7, 11) is 0. The summed E-state index contributed by atoms with van der Waals surface area (Å²) in [5, 5.41) is 13.1. The van der Waals surface area contributed by atoms with Gasteiger partial charge < -0.3 is 9.52 Å². The third-order valence-corrected chi connectivity index (χ3v) is 6.46. The number of aryl methyl sites for hydroxylation is 1. The monoisotopic (exact) mass is 482 g/mol. The Hall–Kier alpha value is -3.77. The van der Waals surface area contributed by atoms with Gasteiger partial charge in [0.05, 0.1) is 11.1 Å². The van der Waals surface area contributed by atoms with E-state index in [1.807, 2.05) is 61.5 Å². The third kappa shape index (κ3) is 2.66. The number of hydrogen-bond acceptors (Lipinski definition) is 5. The number of para-hydroxylation sites is 1. The van der Waals surface area contributed by atoms with Crippen molar-refractivity contribution >= 4 is 48.7 Å². The van der Waals surface area contributed by atoms with Gasteiger partial charge in [-0.25, -0.2) is 4.98 Å². The van der Waals surface area contributed by atoms with E-state index in [9.17, 15) is 9.90 Å². The molecular formula is C26H15BrN2O3. The standard InChI is InChI=1S/C26H15BrN2O3/c1-13-9-10-14-5-4-8-17(22(14)28-13)20-19(30)12-11-18-25(20)32-26-21(27)24(31)16-7-3-2-6-15(16)23(26)29-18/h2-12,31H,1H3. The first kappa shape index (κ1) is 19.0. The molecule has 1 N–H and O–H groups in total. The molecule has 0 saturated carbocycles. The molecule has 2 heterocycles. The molecule has 0 amide bonds. The molecule has 5 nitrogen and oxygen atoms in total. The Kier molecular flexibility index (Phi) is 4.07. The van der Waals surface area contributed by atoms with Crippen LogP contribution < -0.4 is 5.43 Å². The second kappa shape index (κ2) is 6.87. The number of rotatable bonds is 1. The Morgan fingerprint density at radius 2 is 1.69 bits per heavy atom. The lowest BCUT2D eigenvalue weighted by Gasteiger charge is -2.15. The van der Waals surface area contributed by atoms with Crippen LogP contribution in [0.2, 0.25) is 0 Å². The number of aromatic nitrogens is 2. The lowest BCUT2D eigenvalue weighted by molar-refractivity contribution is 0.477. The summed E-state index contributed by atoms with van der Waals surface area (Å²) in [5.74, 6) is 0.427. The minimum absolute atomic E-state index is 0.0697. The first-order chi connectivity index (χ1) is 15.5. The molecule has 0 bridgehead atoms. The molecule has 1 aromatic heterocycles. The summed E-state index contributed by atoms with van der Waals surface area (Å²) in [6.07, 6.45) is 0. The number of nitrogens with zero attached hydrogens (tertiary/aromatic N) is 2. The number of halogens is 1. The maximum atomic E-state index is 13.1. The molecule has 0 spiro atoms. The van der Waals surface area contributed by atoms with Gasteiger partial charge in [-0.05, 0) is 41.1 Å². The van der Waals surface area contributed by atoms with Gasteiger partial charge in [-0.15, -0.1) is 0 Å². The van der Waals surface area contributed by atoms with Crippen molar-refractivity contribution in [2.24, 2.45) is 0 Å². The molecule has 4 aromatic rings. The average molecular weight is 483 g/mol. The van der Waals surface area contributed by atoms with E-state index in [-0.39, 0.29) is 11.2 Å². The molecule has 6 heteroatoms. The zero-order chi connectivity index (χ0) is 22.0. The van der Waals surface area contributed by atoms with Crippen molar-refractivity contribution in [2.45, 2.75) is 6.92 Å². The number of benzene rings is 4. The predicted octanol–water partition coefficient (Wildman–Crippen LogP) is 6.44. The van der Waals surface area contributed by atoms with Crippen LogP contribution >= 0.6 is 15.9 Å². The Labute approximate surface area is 190 Å². The summed E-state index contributed by atoms with van der Waals surface area (Å²) < 4.78 is 6.71. The Balaban J connectivity index is 1.79. The van der Waals surface area contributed by atoms with Gasteiger partial charge in [-0.3, -0.25) is 9.78 Å². The van der Waals surface area contributed by atoms with Gasteiger partial charge in [0.1, 0.15) is 21.4 Å². The van der Waals surface area contributed by atoms with Gasteiger partial charge in [0.25, 0.3) is 0 Å². The quantitative estimate of drug-likeness (QED) is 0.215. The van der Waals surface area contributed by atoms with E-state index in [1.54, 1.807) is 6.07 Å². The molecule has 0 radical (unpaired) electrons. The maximum Gasteiger partial charge on any atom is 0.190 e. The van der Waals surface area contributed by atoms with Gasteiger partial charge in [-0.1, -0.05) is 48.5 Å². The van der Waals surface area contributed by atoms with Crippen LogP contribution in [0.4, 0.5) is 0 Å².